The van der Waals surface area contributed by atoms with Crippen molar-refractivity contribution in [1.29, 1.82) is 0 Å². The molecule has 0 aliphatic carbocycles. The summed E-state index contributed by atoms with van der Waals surface area (Å²) in [6.45, 7) is 0. The summed E-state index contributed by atoms with van der Waals surface area (Å²) < 4.78 is 35.4. The van der Waals surface area contributed by atoms with Crippen LogP contribution in [0.3, 0.4) is 0 Å². The Bertz CT molecular complexity index is 1130. The molecule has 1 aliphatic heterocycles. The van der Waals surface area contributed by atoms with Crippen molar-refractivity contribution in [2.45, 2.75) is 6.42 Å². The molecule has 0 amide bonds. The van der Waals surface area contributed by atoms with Gasteiger partial charge in [-0.2, -0.15) is 4.98 Å². The van der Waals surface area contributed by atoms with Crippen LogP contribution in [0.15, 0.2) is 35.1 Å². The predicted octanol–water partition coefficient (Wildman–Crippen LogP) is 3.30. The van der Waals surface area contributed by atoms with Crippen molar-refractivity contribution < 1.29 is 23.3 Å². The first kappa shape index (κ1) is 17.8. The number of H-pyrrole nitrogens is 1. The van der Waals surface area contributed by atoms with Crippen LogP contribution in [-0.2, 0) is 6.42 Å². The van der Waals surface area contributed by atoms with Crippen molar-refractivity contribution in [2.24, 2.45) is 0 Å². The van der Waals surface area contributed by atoms with Gasteiger partial charge >= 0.3 is 0 Å². The van der Waals surface area contributed by atoms with Crippen molar-refractivity contribution in [3.05, 3.63) is 57.6 Å². The monoisotopic (exact) mass is 384 g/mol. The number of nitrogens with zero attached hydrogens (tertiary/aromatic N) is 1. The van der Waals surface area contributed by atoms with Gasteiger partial charge in [0.15, 0.2) is 11.5 Å². The van der Waals surface area contributed by atoms with E-state index in [1.54, 1.807) is 12.1 Å². The van der Waals surface area contributed by atoms with Crippen LogP contribution in [-0.4, -0.2) is 31.3 Å². The quantitative estimate of drug-likeness (QED) is 0.581. The zero-order valence-corrected chi connectivity index (χ0v) is 15.5. The molecule has 4 rings (SSSR count). The molecular weight excluding hydrogens is 367 g/mol. The van der Waals surface area contributed by atoms with E-state index >= 15 is 0 Å². The van der Waals surface area contributed by atoms with Gasteiger partial charge in [0.2, 0.25) is 11.6 Å². The number of aromatic amines is 1. The molecule has 1 N–H and O–H groups in total. The van der Waals surface area contributed by atoms with Crippen molar-refractivity contribution in [2.75, 3.05) is 21.3 Å². The molecule has 3 aromatic rings. The smallest absolute Gasteiger partial charge is 0.258 e. The summed E-state index contributed by atoms with van der Waals surface area (Å²) in [4.78, 5) is 19.9. The van der Waals surface area contributed by atoms with Crippen LogP contribution < -0.4 is 24.5 Å². The fourth-order valence-electron chi connectivity index (χ4n) is 3.21. The van der Waals surface area contributed by atoms with Crippen molar-refractivity contribution in [3.8, 4) is 40.3 Å². The fraction of sp³-hybridized carbons (Fsp3) is 0.200. The predicted molar refractivity (Wildman–Crippen MR) is 99.2 cm³/mol. The standard InChI is InChI=1S/C20H17FN2O5/c1-25-15-7-5-12(16(26-2)17(15)27-3)18-22-19(24)13-9-10-8-11(21)4-6-14(10)28-20(13)23-18/h4-8H,9H2,1-3H3,(H,22,23,24). The van der Waals surface area contributed by atoms with E-state index in [4.69, 9.17) is 18.9 Å². The minimum atomic E-state index is -0.387. The lowest BCUT2D eigenvalue weighted by molar-refractivity contribution is 0.325. The number of nitrogens with one attached hydrogen (secondary N) is 1. The second-order valence-electron chi connectivity index (χ2n) is 6.11. The molecule has 1 aliphatic rings. The van der Waals surface area contributed by atoms with E-state index < -0.39 is 0 Å². The molecule has 0 radical (unpaired) electrons. The SMILES string of the molecule is COc1ccc(-c2nc3c(c(=O)[nH]2)Cc2cc(F)ccc2O3)c(OC)c1OC. The van der Waals surface area contributed by atoms with Crippen LogP contribution >= 0.6 is 0 Å². The number of benzene rings is 2. The lowest BCUT2D eigenvalue weighted by Gasteiger charge is -2.20. The van der Waals surface area contributed by atoms with E-state index in [9.17, 15) is 9.18 Å². The number of hydrogen-bond acceptors (Lipinski definition) is 6. The van der Waals surface area contributed by atoms with E-state index in [-0.39, 0.29) is 29.5 Å². The third kappa shape index (κ3) is 2.83. The molecule has 0 saturated heterocycles. The highest BCUT2D eigenvalue weighted by Gasteiger charge is 2.25. The van der Waals surface area contributed by atoms with Crippen molar-refractivity contribution in [3.63, 3.8) is 0 Å². The Hall–Kier alpha value is -3.55. The number of hydrogen-bond donors (Lipinski definition) is 1. The number of ether oxygens (including phenoxy) is 4. The first-order valence-corrected chi connectivity index (χ1v) is 8.44. The van der Waals surface area contributed by atoms with Gasteiger partial charge in [-0.1, -0.05) is 0 Å². The molecule has 0 spiro atoms. The molecule has 0 unspecified atom stereocenters. The summed E-state index contributed by atoms with van der Waals surface area (Å²) in [6, 6.07) is 7.57. The summed E-state index contributed by atoms with van der Waals surface area (Å²) in [7, 11) is 4.50. The van der Waals surface area contributed by atoms with Crippen molar-refractivity contribution >= 4 is 0 Å². The molecule has 0 bridgehead atoms. The maximum Gasteiger partial charge on any atom is 0.258 e. The molecule has 0 atom stereocenters. The maximum atomic E-state index is 13.5. The number of methoxy groups -OCH3 is 3. The Kier molecular flexibility index (Phi) is 4.38. The largest absolute Gasteiger partial charge is 0.493 e. The van der Waals surface area contributed by atoms with Gasteiger partial charge in [0.1, 0.15) is 17.4 Å². The van der Waals surface area contributed by atoms with Crippen LogP contribution in [0, 0.1) is 5.82 Å². The van der Waals surface area contributed by atoms with Gasteiger partial charge < -0.3 is 23.9 Å². The highest BCUT2D eigenvalue weighted by Crippen LogP contribution is 2.44. The molecule has 8 heteroatoms. The molecule has 0 saturated carbocycles. The Labute approximate surface area is 159 Å². The maximum absolute atomic E-state index is 13.5. The van der Waals surface area contributed by atoms with Gasteiger partial charge in [0.25, 0.3) is 5.56 Å². The van der Waals surface area contributed by atoms with E-state index in [0.29, 0.717) is 39.7 Å². The van der Waals surface area contributed by atoms with E-state index in [1.807, 2.05) is 0 Å². The Morgan fingerprint density at radius 3 is 2.57 bits per heavy atom. The summed E-state index contributed by atoms with van der Waals surface area (Å²) >= 11 is 0. The lowest BCUT2D eigenvalue weighted by Crippen LogP contribution is -2.20. The average molecular weight is 384 g/mol. The third-order valence-electron chi connectivity index (χ3n) is 4.53. The number of fused-ring (bicyclic) bond motifs is 2. The summed E-state index contributed by atoms with van der Waals surface area (Å²) in [5.74, 6) is 1.74. The highest BCUT2D eigenvalue weighted by molar-refractivity contribution is 5.72. The van der Waals surface area contributed by atoms with Gasteiger partial charge in [-0.15, -0.1) is 0 Å². The van der Waals surface area contributed by atoms with Crippen LogP contribution in [0.5, 0.6) is 28.9 Å². The molecule has 1 aromatic heterocycles. The molecule has 28 heavy (non-hydrogen) atoms. The van der Waals surface area contributed by atoms with E-state index in [1.165, 1.54) is 39.5 Å². The number of aromatic nitrogens is 2. The second kappa shape index (κ2) is 6.88. The minimum Gasteiger partial charge on any atom is -0.493 e. The normalized spacial score (nSPS) is 11.9. The second-order valence-corrected chi connectivity index (χ2v) is 6.11. The molecule has 7 nitrogen and oxygen atoms in total. The Morgan fingerprint density at radius 1 is 1.07 bits per heavy atom. The Morgan fingerprint density at radius 2 is 1.86 bits per heavy atom. The van der Waals surface area contributed by atoms with Crippen molar-refractivity contribution in [1.82, 2.24) is 9.97 Å². The van der Waals surface area contributed by atoms with Gasteiger partial charge in [-0.3, -0.25) is 4.79 Å². The summed E-state index contributed by atoms with van der Waals surface area (Å²) in [6.07, 6.45) is 0.230. The van der Waals surface area contributed by atoms with Gasteiger partial charge in [0, 0.05) is 12.0 Å². The Balaban J connectivity index is 1.85. The molecule has 144 valence electrons. The zero-order valence-electron chi connectivity index (χ0n) is 15.5. The number of halogens is 1. The fourth-order valence-corrected chi connectivity index (χ4v) is 3.21. The molecule has 0 fully saturated rings. The third-order valence-corrected chi connectivity index (χ3v) is 4.53. The highest BCUT2D eigenvalue weighted by atomic mass is 19.1. The van der Waals surface area contributed by atoms with Gasteiger partial charge in [-0.25, -0.2) is 4.39 Å². The van der Waals surface area contributed by atoms with Crippen LogP contribution in [0.1, 0.15) is 11.1 Å². The van der Waals surface area contributed by atoms with Gasteiger partial charge in [-0.05, 0) is 30.3 Å². The first-order valence-electron chi connectivity index (χ1n) is 8.44. The first-order chi connectivity index (χ1) is 13.5. The number of rotatable bonds is 4. The van der Waals surface area contributed by atoms with Gasteiger partial charge in [0.05, 0.1) is 32.5 Å². The topological polar surface area (TPSA) is 82.7 Å². The lowest BCUT2D eigenvalue weighted by atomic mass is 10.0. The molecule has 2 heterocycles. The molecular formula is C20H17FN2O5. The van der Waals surface area contributed by atoms with Crippen LogP contribution in [0.4, 0.5) is 4.39 Å². The van der Waals surface area contributed by atoms with E-state index in [2.05, 4.69) is 9.97 Å². The zero-order chi connectivity index (χ0) is 19.8. The van der Waals surface area contributed by atoms with Crippen LogP contribution in [0.25, 0.3) is 11.4 Å². The van der Waals surface area contributed by atoms with E-state index in [0.717, 1.165) is 0 Å². The summed E-state index contributed by atoms with van der Waals surface area (Å²) in [5, 5.41) is 0. The summed E-state index contributed by atoms with van der Waals surface area (Å²) in [5.41, 5.74) is 1.07. The molecule has 2 aromatic carbocycles. The average Bonchev–Trinajstić information content (AvgIpc) is 2.71. The van der Waals surface area contributed by atoms with Crippen LogP contribution in [0.2, 0.25) is 0 Å². The minimum absolute atomic E-state index is 0.176.